The van der Waals surface area contributed by atoms with Gasteiger partial charge in [0, 0.05) is 11.5 Å². The summed E-state index contributed by atoms with van der Waals surface area (Å²) in [5, 5.41) is 48.1. The van der Waals surface area contributed by atoms with Crippen LogP contribution in [0.15, 0.2) is 36.4 Å². The molecule has 0 aromatic heterocycles. The third-order valence-electron chi connectivity index (χ3n) is 5.41. The number of aromatic hydroxyl groups is 3. The van der Waals surface area contributed by atoms with Gasteiger partial charge >= 0.3 is 29.8 Å². The van der Waals surface area contributed by atoms with Gasteiger partial charge in [-0.3, -0.25) is 9.59 Å². The number of aliphatic hydroxyl groups excluding tert-OH is 2. The lowest BCUT2D eigenvalue weighted by molar-refractivity contribution is -0.146. The summed E-state index contributed by atoms with van der Waals surface area (Å²) < 4.78 is 24.3. The fourth-order valence-electron chi connectivity index (χ4n) is 3.06. The van der Waals surface area contributed by atoms with E-state index in [0.717, 1.165) is 12.1 Å². The van der Waals surface area contributed by atoms with Crippen molar-refractivity contribution in [3.05, 3.63) is 53.1 Å². The standard InChI is InChI=1S/C28H32O15S2/c1-39-23(33)6-8-44-45-9-7-24(34)40-12-19(29)13-41-26(36)16-2-4-17(5-3-16)27(37)42-14-20(30)15-43-28(38)18-10-21(31)25(35)22(32)11-18/h2-5,10-11,19-20,29-32,35H,6-9,12-15H2,1H3. The predicted molar refractivity (Wildman–Crippen MR) is 158 cm³/mol. The van der Waals surface area contributed by atoms with Crippen LogP contribution in [0.3, 0.4) is 0 Å². The molecule has 2 unspecified atom stereocenters. The smallest absolute Gasteiger partial charge is 0.338 e. The fraction of sp³-hybridized carbons (Fsp3) is 0.393. The number of benzene rings is 2. The van der Waals surface area contributed by atoms with Gasteiger partial charge in [-0.1, -0.05) is 21.6 Å². The maximum Gasteiger partial charge on any atom is 0.338 e. The van der Waals surface area contributed by atoms with E-state index in [0.29, 0.717) is 11.5 Å². The summed E-state index contributed by atoms with van der Waals surface area (Å²) in [7, 11) is 4.11. The van der Waals surface area contributed by atoms with E-state index >= 15 is 0 Å². The molecule has 45 heavy (non-hydrogen) atoms. The van der Waals surface area contributed by atoms with Crippen molar-refractivity contribution in [2.24, 2.45) is 0 Å². The largest absolute Gasteiger partial charge is 0.504 e. The highest BCUT2D eigenvalue weighted by Gasteiger charge is 2.18. The Morgan fingerprint density at radius 1 is 0.622 bits per heavy atom. The van der Waals surface area contributed by atoms with Gasteiger partial charge in [0.1, 0.15) is 38.6 Å². The molecular weight excluding hydrogens is 640 g/mol. The molecule has 0 amide bonds. The number of hydrogen-bond acceptors (Lipinski definition) is 17. The van der Waals surface area contributed by atoms with Crippen LogP contribution in [0.2, 0.25) is 0 Å². The Bertz CT molecular complexity index is 1290. The molecule has 0 aliphatic rings. The van der Waals surface area contributed by atoms with E-state index in [1.54, 1.807) is 0 Å². The topological polar surface area (TPSA) is 233 Å². The second-order valence-corrected chi connectivity index (χ2v) is 11.6. The third kappa shape index (κ3) is 13.5. The molecule has 2 atom stereocenters. The third-order valence-corrected chi connectivity index (χ3v) is 7.82. The van der Waals surface area contributed by atoms with E-state index in [1.807, 2.05) is 0 Å². The normalized spacial score (nSPS) is 12.0. The minimum Gasteiger partial charge on any atom is -0.504 e. The molecule has 2 aromatic rings. The number of esters is 5. The summed E-state index contributed by atoms with van der Waals surface area (Å²) in [6.07, 6.45) is -2.33. The zero-order valence-corrected chi connectivity index (χ0v) is 25.5. The average molecular weight is 673 g/mol. The van der Waals surface area contributed by atoms with E-state index in [-0.39, 0.29) is 42.1 Å². The van der Waals surface area contributed by atoms with Crippen molar-refractivity contribution in [2.75, 3.05) is 45.0 Å². The number of carbonyl (C=O) groups excluding carboxylic acids is 5. The minimum absolute atomic E-state index is 0.0257. The Morgan fingerprint density at radius 3 is 1.42 bits per heavy atom. The molecule has 0 aliphatic heterocycles. The van der Waals surface area contributed by atoms with Gasteiger partial charge in [0.05, 0.1) is 36.6 Å². The van der Waals surface area contributed by atoms with Crippen LogP contribution in [-0.2, 0) is 33.3 Å². The van der Waals surface area contributed by atoms with Crippen LogP contribution in [-0.4, -0.2) is 113 Å². The second kappa shape index (κ2) is 19.3. The molecule has 0 bridgehead atoms. The Hall–Kier alpha value is -4.19. The van der Waals surface area contributed by atoms with Gasteiger partial charge in [0.2, 0.25) is 0 Å². The molecule has 2 aromatic carbocycles. The Labute approximate surface area is 264 Å². The van der Waals surface area contributed by atoms with Crippen molar-refractivity contribution in [3.8, 4) is 17.2 Å². The summed E-state index contributed by atoms with van der Waals surface area (Å²) in [5.41, 5.74) is -0.219. The van der Waals surface area contributed by atoms with Crippen molar-refractivity contribution in [1.29, 1.82) is 0 Å². The van der Waals surface area contributed by atoms with Gasteiger partial charge in [-0.05, 0) is 36.4 Å². The van der Waals surface area contributed by atoms with Crippen LogP contribution in [0, 0.1) is 0 Å². The van der Waals surface area contributed by atoms with Crippen molar-refractivity contribution < 1.29 is 73.2 Å². The molecule has 0 saturated carbocycles. The number of phenols is 3. The van der Waals surface area contributed by atoms with Gasteiger partial charge in [-0.25, -0.2) is 14.4 Å². The second-order valence-electron chi connectivity index (χ2n) is 8.95. The van der Waals surface area contributed by atoms with E-state index < -0.39 is 73.2 Å². The van der Waals surface area contributed by atoms with Crippen molar-refractivity contribution in [2.45, 2.75) is 25.0 Å². The highest BCUT2D eigenvalue weighted by Crippen LogP contribution is 2.35. The molecule has 2 rings (SSSR count). The maximum atomic E-state index is 12.3. The van der Waals surface area contributed by atoms with Crippen LogP contribution in [0.4, 0.5) is 0 Å². The number of aliphatic hydroxyl groups is 2. The first-order chi connectivity index (χ1) is 21.4. The van der Waals surface area contributed by atoms with Crippen LogP contribution < -0.4 is 0 Å². The zero-order chi connectivity index (χ0) is 33.4. The SMILES string of the molecule is COC(=O)CCSSCCC(=O)OCC(O)COC(=O)c1ccc(C(=O)OCC(O)COC(=O)c2cc(O)c(O)c(O)c2)cc1. The average Bonchev–Trinajstić information content (AvgIpc) is 3.03. The van der Waals surface area contributed by atoms with E-state index in [1.165, 1.54) is 53.0 Å². The molecule has 0 heterocycles. The zero-order valence-electron chi connectivity index (χ0n) is 23.9. The summed E-state index contributed by atoms with van der Waals surface area (Å²) in [5.74, 6) is -4.89. The molecule has 0 saturated heterocycles. The van der Waals surface area contributed by atoms with Gasteiger partial charge in [0.25, 0.3) is 0 Å². The van der Waals surface area contributed by atoms with E-state index in [9.17, 15) is 49.5 Å². The quantitative estimate of drug-likeness (QED) is 0.0497. The maximum absolute atomic E-state index is 12.3. The summed E-state index contributed by atoms with van der Waals surface area (Å²) in [6, 6.07) is 6.77. The molecule has 246 valence electrons. The van der Waals surface area contributed by atoms with Crippen molar-refractivity contribution in [3.63, 3.8) is 0 Å². The number of methoxy groups -OCH3 is 1. The summed E-state index contributed by atoms with van der Waals surface area (Å²) >= 11 is 0. The number of hydrogen-bond donors (Lipinski definition) is 5. The Kier molecular flexibility index (Phi) is 15.8. The lowest BCUT2D eigenvalue weighted by Crippen LogP contribution is -2.26. The number of rotatable bonds is 18. The highest BCUT2D eigenvalue weighted by atomic mass is 33.1. The molecule has 0 fully saturated rings. The van der Waals surface area contributed by atoms with Gasteiger partial charge < -0.3 is 49.2 Å². The van der Waals surface area contributed by atoms with Crippen molar-refractivity contribution in [1.82, 2.24) is 0 Å². The Balaban J connectivity index is 1.65. The monoisotopic (exact) mass is 672 g/mol. The molecule has 0 radical (unpaired) electrons. The first-order valence-electron chi connectivity index (χ1n) is 13.1. The van der Waals surface area contributed by atoms with Crippen LogP contribution >= 0.6 is 21.6 Å². The number of phenolic OH excluding ortho intramolecular Hbond substituents is 3. The molecular formula is C28H32O15S2. The van der Waals surface area contributed by atoms with E-state index in [4.69, 9.17) is 18.9 Å². The summed E-state index contributed by atoms with van der Waals surface area (Å²) in [6.45, 7) is -1.99. The van der Waals surface area contributed by atoms with Crippen molar-refractivity contribution >= 4 is 51.4 Å². The van der Waals surface area contributed by atoms with Gasteiger partial charge in [0.15, 0.2) is 17.2 Å². The van der Waals surface area contributed by atoms with E-state index in [2.05, 4.69) is 4.74 Å². The first kappa shape index (κ1) is 37.0. The molecule has 17 heteroatoms. The fourth-order valence-corrected chi connectivity index (χ4v) is 5.00. The lowest BCUT2D eigenvalue weighted by Gasteiger charge is -2.13. The number of ether oxygens (including phenoxy) is 5. The van der Waals surface area contributed by atoms with Crippen LogP contribution in [0.1, 0.15) is 43.9 Å². The number of carbonyl (C=O) groups is 5. The molecule has 15 nitrogen and oxygen atoms in total. The minimum atomic E-state index is -1.42. The highest BCUT2D eigenvalue weighted by molar-refractivity contribution is 8.76. The Morgan fingerprint density at radius 2 is 1.00 bits per heavy atom. The molecule has 0 aliphatic carbocycles. The predicted octanol–water partition coefficient (Wildman–Crippen LogP) is 1.57. The first-order valence-corrected chi connectivity index (χ1v) is 15.6. The summed E-state index contributed by atoms with van der Waals surface area (Å²) in [4.78, 5) is 59.3. The van der Waals surface area contributed by atoms with Crippen LogP contribution in [0.25, 0.3) is 0 Å². The molecule has 0 spiro atoms. The lowest BCUT2D eigenvalue weighted by atomic mass is 10.1. The molecule has 5 N–H and O–H groups in total. The van der Waals surface area contributed by atoms with Gasteiger partial charge in [-0.2, -0.15) is 0 Å². The van der Waals surface area contributed by atoms with Crippen LogP contribution in [0.5, 0.6) is 17.2 Å². The van der Waals surface area contributed by atoms with Gasteiger partial charge in [-0.15, -0.1) is 0 Å².